The number of halogens is 4. The summed E-state index contributed by atoms with van der Waals surface area (Å²) in [5.41, 5.74) is 2.14. The normalized spacial score (nSPS) is 17.0. The molecular formula is C32H33Cl2F2N3O6S. The standard InChI is InChI=1S/C32H33Cl2F2N3O6S/c1-37(2)15-20-4-3-5-22(12-20)29(40)39-10-11-46-30(39)31(41)44-27(14-23-24(33)16-38(42)17-25(23)34)21-8-9-26(45-32(35)36)28(13-21)43-18-19-6-7-19/h3-5,8-9,12-13,16-17,19,27,30,32H,6-7,10-11,14-15,18H2,1-2H3/t27-,30?/m0/s1. The molecule has 2 aromatic carbocycles. The number of thioether (sulfide) groups is 1. The van der Waals surface area contributed by atoms with Crippen LogP contribution in [0.3, 0.4) is 0 Å². The predicted octanol–water partition coefficient (Wildman–Crippen LogP) is 6.12. The third-order valence-corrected chi connectivity index (χ3v) is 9.29. The maximum absolute atomic E-state index is 13.8. The van der Waals surface area contributed by atoms with Crippen molar-refractivity contribution in [3.05, 3.63) is 92.4 Å². The summed E-state index contributed by atoms with van der Waals surface area (Å²) in [6.07, 6.45) is 3.11. The Balaban J connectivity index is 1.43. The lowest BCUT2D eigenvalue weighted by Crippen LogP contribution is -2.41. The summed E-state index contributed by atoms with van der Waals surface area (Å²) in [6, 6.07) is 11.6. The Bertz CT molecular complexity index is 1560. The maximum atomic E-state index is 13.8. The average Bonchev–Trinajstić information content (AvgIpc) is 3.69. The minimum atomic E-state index is -3.07. The second-order valence-electron chi connectivity index (χ2n) is 11.4. The second kappa shape index (κ2) is 15.1. The van der Waals surface area contributed by atoms with Gasteiger partial charge in [-0.3, -0.25) is 4.79 Å². The average molecular weight is 697 g/mol. The molecule has 9 nitrogen and oxygen atoms in total. The third-order valence-electron chi connectivity index (χ3n) is 7.46. The van der Waals surface area contributed by atoms with Crippen LogP contribution in [0, 0.1) is 11.1 Å². The van der Waals surface area contributed by atoms with Gasteiger partial charge in [0.15, 0.2) is 29.3 Å². The third kappa shape index (κ3) is 8.72. The van der Waals surface area contributed by atoms with Crippen LogP contribution >= 0.6 is 35.0 Å². The number of carbonyl (C=O) groups excluding carboxylic acids is 2. The van der Waals surface area contributed by atoms with E-state index in [1.54, 1.807) is 6.07 Å². The van der Waals surface area contributed by atoms with Crippen molar-refractivity contribution < 1.29 is 37.3 Å². The highest BCUT2D eigenvalue weighted by Gasteiger charge is 2.38. The van der Waals surface area contributed by atoms with Crippen LogP contribution in [0.2, 0.25) is 10.0 Å². The molecule has 1 amide bonds. The summed E-state index contributed by atoms with van der Waals surface area (Å²) >= 11 is 14.0. The topological polar surface area (TPSA) is 95.3 Å². The van der Waals surface area contributed by atoms with Gasteiger partial charge in [-0.1, -0.05) is 41.4 Å². The number of alkyl halides is 2. The van der Waals surface area contributed by atoms with Gasteiger partial charge in [-0.25, -0.2) is 4.79 Å². The van der Waals surface area contributed by atoms with Crippen molar-refractivity contribution in [2.75, 3.05) is 33.0 Å². The molecule has 1 saturated heterocycles. The molecule has 246 valence electrons. The molecule has 0 spiro atoms. The van der Waals surface area contributed by atoms with Crippen molar-refractivity contribution in [1.82, 2.24) is 9.80 Å². The molecule has 2 fully saturated rings. The van der Waals surface area contributed by atoms with Gasteiger partial charge in [0.2, 0.25) is 0 Å². The monoisotopic (exact) mass is 695 g/mol. The molecule has 46 heavy (non-hydrogen) atoms. The van der Waals surface area contributed by atoms with Crippen LogP contribution in [-0.4, -0.2) is 66.7 Å². The molecule has 2 aliphatic rings. The molecule has 5 rings (SSSR count). The van der Waals surface area contributed by atoms with E-state index in [-0.39, 0.29) is 33.9 Å². The number of benzene rings is 2. The molecule has 1 aliphatic carbocycles. The Morgan fingerprint density at radius 3 is 2.52 bits per heavy atom. The number of rotatable bonds is 13. The van der Waals surface area contributed by atoms with Crippen LogP contribution in [0.1, 0.15) is 46.0 Å². The first-order valence-electron chi connectivity index (χ1n) is 14.6. The molecule has 1 aromatic heterocycles. The van der Waals surface area contributed by atoms with Gasteiger partial charge in [0.25, 0.3) is 5.91 Å². The zero-order valence-electron chi connectivity index (χ0n) is 25.2. The SMILES string of the molecule is CN(C)Cc1cccc(C(=O)N2CCSC2C(=O)O[C@@H](Cc2c(Cl)c[n+]([O-])cc2Cl)c2ccc(OC(F)F)c(OCC3CC3)c2)c1. The fraction of sp³-hybridized carbons (Fsp3) is 0.406. The van der Waals surface area contributed by atoms with E-state index in [2.05, 4.69) is 4.74 Å². The van der Waals surface area contributed by atoms with Crippen molar-refractivity contribution in [3.63, 3.8) is 0 Å². The van der Waals surface area contributed by atoms with Gasteiger partial charge < -0.3 is 29.2 Å². The molecule has 0 bridgehead atoms. The summed E-state index contributed by atoms with van der Waals surface area (Å²) in [7, 11) is 3.87. The van der Waals surface area contributed by atoms with E-state index in [1.165, 1.54) is 34.9 Å². The van der Waals surface area contributed by atoms with E-state index in [0.717, 1.165) is 30.8 Å². The molecule has 14 heteroatoms. The predicted molar refractivity (Wildman–Crippen MR) is 170 cm³/mol. The Morgan fingerprint density at radius 1 is 1.11 bits per heavy atom. The Hall–Kier alpha value is -3.32. The van der Waals surface area contributed by atoms with Crippen LogP contribution in [0.5, 0.6) is 11.5 Å². The smallest absolute Gasteiger partial charge is 0.387 e. The van der Waals surface area contributed by atoms with Gasteiger partial charge >= 0.3 is 12.6 Å². The number of hydrogen-bond acceptors (Lipinski definition) is 8. The molecule has 1 unspecified atom stereocenters. The van der Waals surface area contributed by atoms with Gasteiger partial charge in [0.1, 0.15) is 16.1 Å². The van der Waals surface area contributed by atoms with E-state index < -0.39 is 24.1 Å². The minimum absolute atomic E-state index is 0.0519. The number of ether oxygens (including phenoxy) is 3. The largest absolute Gasteiger partial charge is 0.619 e. The zero-order chi connectivity index (χ0) is 33.0. The van der Waals surface area contributed by atoms with Crippen LogP contribution in [0.25, 0.3) is 0 Å². The number of nitrogens with zero attached hydrogens (tertiary/aromatic N) is 3. The highest BCUT2D eigenvalue weighted by Crippen LogP contribution is 2.39. The number of aromatic nitrogens is 1. The number of hydrogen-bond donors (Lipinski definition) is 0. The molecular weight excluding hydrogens is 663 g/mol. The molecule has 0 N–H and O–H groups in total. The van der Waals surface area contributed by atoms with E-state index in [1.807, 2.05) is 37.2 Å². The van der Waals surface area contributed by atoms with E-state index in [9.17, 15) is 23.6 Å². The highest BCUT2D eigenvalue weighted by atomic mass is 35.5. The fourth-order valence-corrected chi connectivity index (χ4v) is 6.76. The van der Waals surface area contributed by atoms with Crippen LogP contribution in [0.15, 0.2) is 54.9 Å². The Labute approximate surface area is 279 Å². The van der Waals surface area contributed by atoms with Crippen LogP contribution < -0.4 is 14.2 Å². The lowest BCUT2D eigenvalue weighted by Gasteiger charge is -2.26. The number of pyridine rings is 1. The van der Waals surface area contributed by atoms with Crippen molar-refractivity contribution in [1.29, 1.82) is 0 Å². The Morgan fingerprint density at radius 2 is 1.85 bits per heavy atom. The molecule has 1 saturated carbocycles. The first kappa shape index (κ1) is 34.0. The quantitative estimate of drug-likeness (QED) is 0.120. The Kier molecular flexibility index (Phi) is 11.1. The van der Waals surface area contributed by atoms with Gasteiger partial charge in [-0.2, -0.15) is 13.5 Å². The summed E-state index contributed by atoms with van der Waals surface area (Å²) < 4.78 is 43.4. The highest BCUT2D eigenvalue weighted by molar-refractivity contribution is 8.00. The molecule has 2 heterocycles. The van der Waals surface area contributed by atoms with E-state index >= 15 is 0 Å². The summed E-state index contributed by atoms with van der Waals surface area (Å²) in [6.45, 7) is -1.77. The van der Waals surface area contributed by atoms with E-state index in [0.29, 0.717) is 52.8 Å². The molecule has 0 radical (unpaired) electrons. The van der Waals surface area contributed by atoms with Crippen molar-refractivity contribution >= 4 is 46.8 Å². The van der Waals surface area contributed by atoms with Crippen LogP contribution in [0.4, 0.5) is 8.78 Å². The van der Waals surface area contributed by atoms with Gasteiger partial charge in [0.05, 0.1) is 6.61 Å². The summed E-state index contributed by atoms with van der Waals surface area (Å²) in [5.74, 6) is -0.232. The first-order chi connectivity index (χ1) is 22.0. The number of amides is 1. The molecule has 1 aliphatic heterocycles. The summed E-state index contributed by atoms with van der Waals surface area (Å²) in [4.78, 5) is 30.9. The molecule has 2 atom stereocenters. The summed E-state index contributed by atoms with van der Waals surface area (Å²) in [5, 5.41) is 11.1. The first-order valence-corrected chi connectivity index (χ1v) is 16.4. The van der Waals surface area contributed by atoms with Gasteiger partial charge in [0, 0.05) is 36.4 Å². The fourth-order valence-electron chi connectivity index (χ4n) is 5.07. The number of esters is 1. The zero-order valence-corrected chi connectivity index (χ0v) is 27.5. The van der Waals surface area contributed by atoms with Crippen molar-refractivity contribution in [2.45, 2.75) is 43.9 Å². The molecule has 3 aromatic rings. The lowest BCUT2D eigenvalue weighted by atomic mass is 10.0. The van der Waals surface area contributed by atoms with Crippen LogP contribution in [-0.2, 0) is 22.5 Å². The minimum Gasteiger partial charge on any atom is -0.619 e. The van der Waals surface area contributed by atoms with Crippen molar-refractivity contribution in [2.24, 2.45) is 5.92 Å². The van der Waals surface area contributed by atoms with Gasteiger partial charge in [-0.15, -0.1) is 11.8 Å². The number of carbonyl (C=O) groups is 2. The lowest BCUT2D eigenvalue weighted by molar-refractivity contribution is -0.605. The van der Waals surface area contributed by atoms with E-state index in [4.69, 9.17) is 32.7 Å². The second-order valence-corrected chi connectivity index (χ2v) is 13.4. The van der Waals surface area contributed by atoms with Gasteiger partial charge in [-0.05, 0) is 68.2 Å². The van der Waals surface area contributed by atoms with Crippen molar-refractivity contribution in [3.8, 4) is 11.5 Å². The maximum Gasteiger partial charge on any atom is 0.387 e.